The number of carbonyl (C=O) groups is 1. The Bertz CT molecular complexity index is 639. The standard InChI is InChI=1S/C13H11BrClN3OS/c1-8-4-5-16-13(17-8)20-7-12(19)18-11-3-2-9(14)6-10(11)15/h2-6H,7H2,1H3,(H,18,19). The average Bonchev–Trinajstić information content (AvgIpc) is 2.40. The van der Waals surface area contributed by atoms with E-state index >= 15 is 0 Å². The Morgan fingerprint density at radius 3 is 2.95 bits per heavy atom. The molecule has 2 rings (SSSR count). The Morgan fingerprint density at radius 1 is 1.45 bits per heavy atom. The molecule has 4 nitrogen and oxygen atoms in total. The van der Waals surface area contributed by atoms with E-state index in [0.29, 0.717) is 15.9 Å². The van der Waals surface area contributed by atoms with Crippen molar-refractivity contribution in [2.24, 2.45) is 0 Å². The van der Waals surface area contributed by atoms with E-state index in [1.165, 1.54) is 11.8 Å². The van der Waals surface area contributed by atoms with E-state index in [0.717, 1.165) is 10.2 Å². The van der Waals surface area contributed by atoms with Crippen LogP contribution >= 0.6 is 39.3 Å². The summed E-state index contributed by atoms with van der Waals surface area (Å²) in [6.07, 6.45) is 1.67. The van der Waals surface area contributed by atoms with Gasteiger partial charge in [-0.1, -0.05) is 39.3 Å². The number of halogens is 2. The van der Waals surface area contributed by atoms with Crippen molar-refractivity contribution in [2.75, 3.05) is 11.1 Å². The Hall–Kier alpha value is -1.11. The molecule has 1 N–H and O–H groups in total. The Balaban J connectivity index is 1.92. The lowest BCUT2D eigenvalue weighted by Gasteiger charge is -2.07. The van der Waals surface area contributed by atoms with Crippen LogP contribution in [-0.4, -0.2) is 21.6 Å². The van der Waals surface area contributed by atoms with Crippen LogP contribution in [-0.2, 0) is 4.79 Å². The lowest BCUT2D eigenvalue weighted by molar-refractivity contribution is -0.113. The third-order valence-corrected chi connectivity index (χ3v) is 3.98. The molecule has 0 atom stereocenters. The van der Waals surface area contributed by atoms with Crippen LogP contribution in [0.25, 0.3) is 0 Å². The van der Waals surface area contributed by atoms with Gasteiger partial charge in [0.25, 0.3) is 0 Å². The van der Waals surface area contributed by atoms with Crippen molar-refractivity contribution in [3.05, 3.63) is 45.7 Å². The molecule has 0 unspecified atom stereocenters. The maximum atomic E-state index is 11.8. The fourth-order valence-corrected chi connectivity index (χ4v) is 2.80. The molecule has 1 aromatic heterocycles. The third kappa shape index (κ3) is 4.47. The molecule has 20 heavy (non-hydrogen) atoms. The predicted octanol–water partition coefficient (Wildman–Crippen LogP) is 3.93. The fourth-order valence-electron chi connectivity index (χ4n) is 1.40. The normalized spacial score (nSPS) is 10.3. The summed E-state index contributed by atoms with van der Waals surface area (Å²) in [7, 11) is 0. The van der Waals surface area contributed by atoms with Gasteiger partial charge in [0.1, 0.15) is 0 Å². The Morgan fingerprint density at radius 2 is 2.25 bits per heavy atom. The van der Waals surface area contributed by atoms with Crippen molar-refractivity contribution in [1.82, 2.24) is 9.97 Å². The molecule has 1 aromatic carbocycles. The molecule has 0 fully saturated rings. The number of benzene rings is 1. The minimum Gasteiger partial charge on any atom is -0.324 e. The number of carbonyl (C=O) groups excluding carboxylic acids is 1. The monoisotopic (exact) mass is 371 g/mol. The third-order valence-electron chi connectivity index (χ3n) is 2.31. The highest BCUT2D eigenvalue weighted by Crippen LogP contribution is 2.25. The van der Waals surface area contributed by atoms with Gasteiger partial charge < -0.3 is 5.32 Å². The van der Waals surface area contributed by atoms with Crippen molar-refractivity contribution < 1.29 is 4.79 Å². The highest BCUT2D eigenvalue weighted by atomic mass is 79.9. The first-order valence-corrected chi connectivity index (χ1v) is 7.87. The molecule has 0 saturated heterocycles. The van der Waals surface area contributed by atoms with E-state index in [1.807, 2.05) is 19.1 Å². The summed E-state index contributed by atoms with van der Waals surface area (Å²) in [6, 6.07) is 7.11. The first-order valence-electron chi connectivity index (χ1n) is 5.72. The molecule has 0 saturated carbocycles. The summed E-state index contributed by atoms with van der Waals surface area (Å²) in [4.78, 5) is 20.2. The molecule has 0 aliphatic heterocycles. The second-order valence-electron chi connectivity index (χ2n) is 3.94. The van der Waals surface area contributed by atoms with E-state index in [4.69, 9.17) is 11.6 Å². The number of aryl methyl sites for hydroxylation is 1. The summed E-state index contributed by atoms with van der Waals surface area (Å²) in [5.74, 6) is 0.0832. The quantitative estimate of drug-likeness (QED) is 0.652. The predicted molar refractivity (Wildman–Crippen MR) is 85.3 cm³/mol. The molecular formula is C13H11BrClN3OS. The Kier molecular flexibility index (Phi) is 5.39. The number of nitrogens with zero attached hydrogens (tertiary/aromatic N) is 2. The number of hydrogen-bond acceptors (Lipinski definition) is 4. The van der Waals surface area contributed by atoms with E-state index in [9.17, 15) is 4.79 Å². The Labute approximate surface area is 134 Å². The average molecular weight is 373 g/mol. The molecule has 104 valence electrons. The topological polar surface area (TPSA) is 54.9 Å². The lowest BCUT2D eigenvalue weighted by atomic mass is 10.3. The van der Waals surface area contributed by atoms with Gasteiger partial charge >= 0.3 is 0 Å². The number of thioether (sulfide) groups is 1. The van der Waals surface area contributed by atoms with E-state index < -0.39 is 0 Å². The summed E-state index contributed by atoms with van der Waals surface area (Å²) in [6.45, 7) is 1.88. The van der Waals surface area contributed by atoms with Gasteiger partial charge in [-0.15, -0.1) is 0 Å². The maximum absolute atomic E-state index is 11.8. The molecule has 0 bridgehead atoms. The van der Waals surface area contributed by atoms with Gasteiger partial charge in [0.2, 0.25) is 5.91 Å². The first-order chi connectivity index (χ1) is 9.54. The van der Waals surface area contributed by atoms with Crippen LogP contribution in [0.3, 0.4) is 0 Å². The number of amides is 1. The zero-order valence-corrected chi connectivity index (χ0v) is 13.7. The van der Waals surface area contributed by atoms with Gasteiger partial charge in [0.15, 0.2) is 5.16 Å². The van der Waals surface area contributed by atoms with Crippen LogP contribution in [0.15, 0.2) is 40.1 Å². The van der Waals surface area contributed by atoms with Crippen LogP contribution in [0, 0.1) is 6.92 Å². The van der Waals surface area contributed by atoms with E-state index in [2.05, 4.69) is 31.2 Å². The van der Waals surface area contributed by atoms with Gasteiger partial charge in [-0.25, -0.2) is 9.97 Å². The number of aromatic nitrogens is 2. The zero-order chi connectivity index (χ0) is 14.5. The van der Waals surface area contributed by atoms with Crippen LogP contribution in [0.4, 0.5) is 5.69 Å². The largest absolute Gasteiger partial charge is 0.324 e. The summed E-state index contributed by atoms with van der Waals surface area (Å²) in [5, 5.41) is 3.83. The molecule has 7 heteroatoms. The second kappa shape index (κ2) is 7.06. The van der Waals surface area contributed by atoms with Crippen LogP contribution in [0.1, 0.15) is 5.69 Å². The molecule has 0 aliphatic rings. The lowest BCUT2D eigenvalue weighted by Crippen LogP contribution is -2.14. The molecule has 1 amide bonds. The fraction of sp³-hybridized carbons (Fsp3) is 0.154. The molecule has 1 heterocycles. The van der Waals surface area contributed by atoms with Crippen LogP contribution in [0.2, 0.25) is 5.02 Å². The van der Waals surface area contributed by atoms with E-state index in [1.54, 1.807) is 18.3 Å². The van der Waals surface area contributed by atoms with Crippen molar-refractivity contribution in [1.29, 1.82) is 0 Å². The highest BCUT2D eigenvalue weighted by molar-refractivity contribution is 9.10. The summed E-state index contributed by atoms with van der Waals surface area (Å²) >= 11 is 10.6. The van der Waals surface area contributed by atoms with Crippen molar-refractivity contribution in [2.45, 2.75) is 12.1 Å². The maximum Gasteiger partial charge on any atom is 0.234 e. The number of nitrogens with one attached hydrogen (secondary N) is 1. The molecular weight excluding hydrogens is 362 g/mol. The minimum absolute atomic E-state index is 0.149. The summed E-state index contributed by atoms with van der Waals surface area (Å²) < 4.78 is 0.864. The molecule has 0 aliphatic carbocycles. The van der Waals surface area contributed by atoms with Crippen LogP contribution < -0.4 is 5.32 Å². The number of rotatable bonds is 4. The summed E-state index contributed by atoms with van der Waals surface area (Å²) in [5.41, 5.74) is 1.46. The second-order valence-corrected chi connectivity index (χ2v) is 6.21. The van der Waals surface area contributed by atoms with Crippen molar-refractivity contribution in [3.8, 4) is 0 Å². The van der Waals surface area contributed by atoms with Crippen molar-refractivity contribution >= 4 is 50.9 Å². The van der Waals surface area contributed by atoms with Gasteiger partial charge in [0, 0.05) is 16.4 Å². The smallest absolute Gasteiger partial charge is 0.234 e. The van der Waals surface area contributed by atoms with Gasteiger partial charge in [0.05, 0.1) is 16.5 Å². The SMILES string of the molecule is Cc1ccnc(SCC(=O)Nc2ccc(Br)cc2Cl)n1. The molecule has 2 aromatic rings. The molecule has 0 spiro atoms. The van der Waals surface area contributed by atoms with Gasteiger partial charge in [-0.2, -0.15) is 0 Å². The first kappa shape index (κ1) is 15.3. The van der Waals surface area contributed by atoms with E-state index in [-0.39, 0.29) is 11.7 Å². The zero-order valence-electron chi connectivity index (χ0n) is 10.6. The van der Waals surface area contributed by atoms with Crippen LogP contribution in [0.5, 0.6) is 0 Å². The van der Waals surface area contributed by atoms with Gasteiger partial charge in [-0.3, -0.25) is 4.79 Å². The highest BCUT2D eigenvalue weighted by Gasteiger charge is 2.08. The number of hydrogen-bond donors (Lipinski definition) is 1. The van der Waals surface area contributed by atoms with Crippen molar-refractivity contribution in [3.63, 3.8) is 0 Å². The van der Waals surface area contributed by atoms with Gasteiger partial charge in [-0.05, 0) is 31.2 Å². The molecule has 0 radical (unpaired) electrons. The number of anilines is 1. The minimum atomic E-state index is -0.149.